The number of anilines is 1. The lowest BCUT2D eigenvalue weighted by molar-refractivity contribution is 0.366. The smallest absolute Gasteiger partial charge is 0.0447 e. The number of hydrogen-bond donors (Lipinski definition) is 1. The van der Waals surface area contributed by atoms with E-state index in [1.54, 1.807) is 0 Å². The van der Waals surface area contributed by atoms with Crippen LogP contribution in [0.25, 0.3) is 10.8 Å². The van der Waals surface area contributed by atoms with Crippen LogP contribution in [0.5, 0.6) is 0 Å². The van der Waals surface area contributed by atoms with Crippen molar-refractivity contribution >= 4 is 16.5 Å². The summed E-state index contributed by atoms with van der Waals surface area (Å²) in [6, 6.07) is 8.65. The zero-order valence-electron chi connectivity index (χ0n) is 12.4. The second-order valence-electron chi connectivity index (χ2n) is 5.99. The minimum atomic E-state index is 0.200. The quantitative estimate of drug-likeness (QED) is 0.907. The summed E-state index contributed by atoms with van der Waals surface area (Å²) in [5.41, 5.74) is 1.54. The van der Waals surface area contributed by atoms with Crippen LogP contribution in [-0.4, -0.2) is 30.2 Å². The Labute approximate surface area is 121 Å². The minimum Gasteiger partial charge on any atom is -0.369 e. The topological polar surface area (TPSA) is 28.2 Å². The summed E-state index contributed by atoms with van der Waals surface area (Å²) in [6.45, 7) is 7.88. The summed E-state index contributed by atoms with van der Waals surface area (Å²) >= 11 is 0. The van der Waals surface area contributed by atoms with Gasteiger partial charge < -0.3 is 10.2 Å². The van der Waals surface area contributed by atoms with Gasteiger partial charge in [0.25, 0.3) is 0 Å². The van der Waals surface area contributed by atoms with E-state index in [1.165, 1.54) is 22.9 Å². The van der Waals surface area contributed by atoms with Gasteiger partial charge in [0.2, 0.25) is 0 Å². The molecule has 0 bridgehead atoms. The fourth-order valence-electron chi connectivity index (χ4n) is 3.04. The first-order valence-corrected chi connectivity index (χ1v) is 7.54. The number of hydrogen-bond acceptors (Lipinski definition) is 3. The molecule has 3 heteroatoms. The highest BCUT2D eigenvalue weighted by molar-refractivity contribution is 5.93. The molecule has 0 amide bonds. The molecule has 20 heavy (non-hydrogen) atoms. The second kappa shape index (κ2) is 5.41. The molecule has 1 unspecified atom stereocenters. The molecule has 0 radical (unpaired) electrons. The van der Waals surface area contributed by atoms with Crippen LogP contribution in [0.3, 0.4) is 0 Å². The molecule has 2 aromatic rings. The normalized spacial score (nSPS) is 23.8. The Hall–Kier alpha value is -1.61. The van der Waals surface area contributed by atoms with Crippen molar-refractivity contribution in [1.82, 2.24) is 10.3 Å². The summed E-state index contributed by atoms with van der Waals surface area (Å²) in [5, 5.41) is 6.23. The van der Waals surface area contributed by atoms with Crippen molar-refractivity contribution in [2.45, 2.75) is 32.2 Å². The van der Waals surface area contributed by atoms with E-state index in [0.29, 0.717) is 0 Å². The van der Waals surface area contributed by atoms with E-state index in [-0.39, 0.29) is 5.54 Å². The van der Waals surface area contributed by atoms with Gasteiger partial charge in [-0.1, -0.05) is 19.1 Å². The first-order valence-electron chi connectivity index (χ1n) is 7.54. The van der Waals surface area contributed by atoms with E-state index in [4.69, 9.17) is 0 Å². The van der Waals surface area contributed by atoms with Gasteiger partial charge in [-0.25, -0.2) is 0 Å². The first-order chi connectivity index (χ1) is 9.72. The fourth-order valence-corrected chi connectivity index (χ4v) is 3.04. The third-order valence-electron chi connectivity index (χ3n) is 4.48. The van der Waals surface area contributed by atoms with Gasteiger partial charge in [-0.05, 0) is 38.4 Å². The van der Waals surface area contributed by atoms with Gasteiger partial charge in [0.15, 0.2) is 0 Å². The number of nitrogens with one attached hydrogen (secondary N) is 1. The molecular formula is C17H23N3. The molecule has 2 heterocycles. The molecule has 3 rings (SSSR count). The maximum atomic E-state index is 4.23. The van der Waals surface area contributed by atoms with Gasteiger partial charge in [-0.15, -0.1) is 0 Å². The third-order valence-corrected chi connectivity index (χ3v) is 4.48. The monoisotopic (exact) mass is 269 g/mol. The molecule has 1 N–H and O–H groups in total. The summed E-state index contributed by atoms with van der Waals surface area (Å²) in [5.74, 6) is 0. The zero-order valence-corrected chi connectivity index (χ0v) is 12.4. The van der Waals surface area contributed by atoms with E-state index in [1.807, 2.05) is 12.4 Å². The molecule has 0 aliphatic carbocycles. The lowest BCUT2D eigenvalue weighted by Crippen LogP contribution is -2.48. The number of rotatable bonds is 2. The van der Waals surface area contributed by atoms with Crippen molar-refractivity contribution in [3.63, 3.8) is 0 Å². The van der Waals surface area contributed by atoms with Crippen LogP contribution in [0.1, 0.15) is 26.7 Å². The van der Waals surface area contributed by atoms with Crippen molar-refractivity contribution < 1.29 is 0 Å². The molecule has 1 saturated heterocycles. The Morgan fingerprint density at radius 3 is 3.10 bits per heavy atom. The summed E-state index contributed by atoms with van der Waals surface area (Å²) < 4.78 is 0. The number of pyridine rings is 1. The van der Waals surface area contributed by atoms with Gasteiger partial charge in [0, 0.05) is 47.5 Å². The lowest BCUT2D eigenvalue weighted by atomic mass is 9.98. The fraction of sp³-hybridized carbons (Fsp3) is 0.471. The second-order valence-corrected chi connectivity index (χ2v) is 5.99. The Bertz CT molecular complexity index is 590. The average molecular weight is 269 g/mol. The summed E-state index contributed by atoms with van der Waals surface area (Å²) in [4.78, 5) is 6.77. The molecule has 1 atom stereocenters. The number of fused-ring (bicyclic) bond motifs is 1. The van der Waals surface area contributed by atoms with Gasteiger partial charge in [-0.2, -0.15) is 0 Å². The van der Waals surface area contributed by atoms with Gasteiger partial charge in [0.1, 0.15) is 0 Å². The Kier molecular flexibility index (Phi) is 3.62. The highest BCUT2D eigenvalue weighted by atomic mass is 15.2. The Morgan fingerprint density at radius 1 is 1.35 bits per heavy atom. The predicted octanol–water partition coefficient (Wildman–Crippen LogP) is 3.20. The summed E-state index contributed by atoms with van der Waals surface area (Å²) in [7, 11) is 0. The van der Waals surface area contributed by atoms with E-state index in [2.05, 4.69) is 53.3 Å². The van der Waals surface area contributed by atoms with Crippen molar-refractivity contribution in [2.75, 3.05) is 24.5 Å². The zero-order chi connectivity index (χ0) is 14.0. The number of aromatic nitrogens is 1. The highest BCUT2D eigenvalue weighted by Gasteiger charge is 2.27. The molecular weight excluding hydrogens is 246 g/mol. The van der Waals surface area contributed by atoms with E-state index in [9.17, 15) is 0 Å². The van der Waals surface area contributed by atoms with Crippen LogP contribution in [0.4, 0.5) is 5.69 Å². The molecule has 3 nitrogen and oxygen atoms in total. The molecule has 1 aliphatic rings. The van der Waals surface area contributed by atoms with E-state index in [0.717, 1.165) is 26.1 Å². The van der Waals surface area contributed by atoms with E-state index < -0.39 is 0 Å². The van der Waals surface area contributed by atoms with Crippen LogP contribution >= 0.6 is 0 Å². The molecule has 1 fully saturated rings. The molecule has 0 saturated carbocycles. The molecule has 0 spiro atoms. The maximum Gasteiger partial charge on any atom is 0.0447 e. The minimum absolute atomic E-state index is 0.200. The molecule has 1 aromatic carbocycles. The van der Waals surface area contributed by atoms with Crippen LogP contribution in [0.15, 0.2) is 36.7 Å². The predicted molar refractivity (Wildman–Crippen MR) is 85.3 cm³/mol. The van der Waals surface area contributed by atoms with Crippen molar-refractivity contribution in [1.29, 1.82) is 0 Å². The molecule has 1 aliphatic heterocycles. The van der Waals surface area contributed by atoms with Gasteiger partial charge in [-0.3, -0.25) is 4.98 Å². The van der Waals surface area contributed by atoms with Crippen molar-refractivity contribution in [2.24, 2.45) is 0 Å². The highest BCUT2D eigenvalue weighted by Crippen LogP contribution is 2.29. The maximum absolute atomic E-state index is 4.23. The third kappa shape index (κ3) is 2.50. The number of benzene rings is 1. The molecule has 106 valence electrons. The standard InChI is InChI=1S/C17H23N3/c1-3-17(2)13-20(11-5-9-19-17)16-7-4-6-14-12-18-10-8-15(14)16/h4,6-8,10,12,19H,3,5,9,11,13H2,1-2H3. The van der Waals surface area contributed by atoms with Crippen LogP contribution in [-0.2, 0) is 0 Å². The van der Waals surface area contributed by atoms with Gasteiger partial charge >= 0.3 is 0 Å². The molecule has 1 aromatic heterocycles. The van der Waals surface area contributed by atoms with Crippen LogP contribution < -0.4 is 10.2 Å². The van der Waals surface area contributed by atoms with E-state index >= 15 is 0 Å². The van der Waals surface area contributed by atoms with Crippen LogP contribution in [0, 0.1) is 0 Å². The lowest BCUT2D eigenvalue weighted by Gasteiger charge is -2.34. The summed E-state index contributed by atoms with van der Waals surface area (Å²) in [6.07, 6.45) is 6.18. The first kappa shape index (κ1) is 13.4. The van der Waals surface area contributed by atoms with Gasteiger partial charge in [0.05, 0.1) is 0 Å². The van der Waals surface area contributed by atoms with Crippen LogP contribution in [0.2, 0.25) is 0 Å². The van der Waals surface area contributed by atoms with Crippen molar-refractivity contribution in [3.8, 4) is 0 Å². The Balaban J connectivity index is 2.01. The Morgan fingerprint density at radius 2 is 2.25 bits per heavy atom. The van der Waals surface area contributed by atoms with Crippen molar-refractivity contribution in [3.05, 3.63) is 36.7 Å². The average Bonchev–Trinajstić information content (AvgIpc) is 2.69. The number of nitrogens with zero attached hydrogens (tertiary/aromatic N) is 2. The largest absolute Gasteiger partial charge is 0.369 e. The SMILES string of the molecule is CCC1(C)CN(c2cccc3cnccc23)CCCN1.